The summed E-state index contributed by atoms with van der Waals surface area (Å²) in [7, 11) is 0. The van der Waals surface area contributed by atoms with Gasteiger partial charge in [-0.15, -0.1) is 5.16 Å². The summed E-state index contributed by atoms with van der Waals surface area (Å²) in [6.45, 7) is 2.48. The quantitative estimate of drug-likeness (QED) is 0.236. The lowest BCUT2D eigenvalue weighted by Gasteiger charge is -2.65. The van der Waals surface area contributed by atoms with E-state index in [-0.39, 0.29) is 35.6 Å². The number of nitrogens with zero attached hydrogens (tertiary/aromatic N) is 1. The Labute approximate surface area is 176 Å². The molecule has 0 unspecified atom stereocenters. The first-order valence-electron chi connectivity index (χ1n) is 11.4. The number of esters is 1. The molecule has 7 nitrogen and oxygen atoms in total. The van der Waals surface area contributed by atoms with Crippen LogP contribution < -0.4 is 0 Å². The highest BCUT2D eigenvalue weighted by Crippen LogP contribution is 2.70. The molecule has 30 heavy (non-hydrogen) atoms. The molecular formula is C23H33NO6. The third-order valence-electron chi connectivity index (χ3n) is 9.93. The van der Waals surface area contributed by atoms with E-state index in [4.69, 9.17) is 4.74 Å². The Morgan fingerprint density at radius 1 is 1.10 bits per heavy atom. The molecule has 4 aliphatic carbocycles. The van der Waals surface area contributed by atoms with Crippen molar-refractivity contribution in [1.82, 2.24) is 0 Å². The van der Waals surface area contributed by atoms with Crippen molar-refractivity contribution in [2.45, 2.75) is 82.0 Å². The molecule has 0 bridgehead atoms. The molecule has 4 saturated carbocycles. The number of fused-ring (bicyclic) bond motifs is 5. The van der Waals surface area contributed by atoms with Gasteiger partial charge in [-0.25, -0.2) is 4.79 Å². The minimum Gasteiger partial charge on any atom is -0.458 e. The number of aliphatic hydroxyl groups is 3. The van der Waals surface area contributed by atoms with E-state index in [1.165, 1.54) is 6.21 Å². The molecule has 4 fully saturated rings. The first-order chi connectivity index (χ1) is 14.2. The Hall–Kier alpha value is -1.44. The van der Waals surface area contributed by atoms with E-state index in [0.717, 1.165) is 24.8 Å². The summed E-state index contributed by atoms with van der Waals surface area (Å²) in [4.78, 5) is 11.7. The van der Waals surface area contributed by atoms with Gasteiger partial charge in [-0.2, -0.15) is 0 Å². The summed E-state index contributed by atoms with van der Waals surface area (Å²) < 4.78 is 5.17. The second-order valence-electron chi connectivity index (χ2n) is 10.8. The molecule has 5 rings (SSSR count). The van der Waals surface area contributed by atoms with Gasteiger partial charge in [0.05, 0.1) is 23.5 Å². The van der Waals surface area contributed by atoms with Gasteiger partial charge in [0.2, 0.25) is 0 Å². The number of rotatable bonds is 2. The van der Waals surface area contributed by atoms with Gasteiger partial charge in [0.25, 0.3) is 0 Å². The normalized spacial score (nSPS) is 53.1. The van der Waals surface area contributed by atoms with Crippen LogP contribution in [0.2, 0.25) is 0 Å². The Bertz CT molecular complexity index is 812. The largest absolute Gasteiger partial charge is 0.458 e. The zero-order valence-electron chi connectivity index (χ0n) is 17.6. The highest BCUT2D eigenvalue weighted by Gasteiger charge is 2.71. The first kappa shape index (κ1) is 20.5. The number of aliphatic hydroxyl groups excluding tert-OH is 1. The van der Waals surface area contributed by atoms with Gasteiger partial charge in [-0.3, -0.25) is 0 Å². The maximum Gasteiger partial charge on any atom is 0.331 e. The fourth-order valence-corrected chi connectivity index (χ4v) is 8.46. The van der Waals surface area contributed by atoms with Gasteiger partial charge in [0.1, 0.15) is 6.61 Å². The first-order valence-corrected chi connectivity index (χ1v) is 11.4. The van der Waals surface area contributed by atoms with Crippen molar-refractivity contribution in [3.05, 3.63) is 11.6 Å². The van der Waals surface area contributed by atoms with Crippen molar-refractivity contribution >= 4 is 12.2 Å². The molecule has 4 N–H and O–H groups in total. The molecular weight excluding hydrogens is 386 g/mol. The number of oxime groups is 1. The molecule has 5 aliphatic rings. The lowest BCUT2D eigenvalue weighted by atomic mass is 9.41. The molecule has 1 heterocycles. The summed E-state index contributed by atoms with van der Waals surface area (Å²) in [5, 5.41) is 47.0. The number of carbonyl (C=O) groups is 1. The molecule has 0 aromatic carbocycles. The zero-order valence-corrected chi connectivity index (χ0v) is 17.6. The van der Waals surface area contributed by atoms with Gasteiger partial charge in [0, 0.05) is 23.3 Å². The van der Waals surface area contributed by atoms with Crippen LogP contribution in [0.3, 0.4) is 0 Å². The number of carbonyl (C=O) groups excluding carboxylic acids is 1. The average molecular weight is 420 g/mol. The van der Waals surface area contributed by atoms with Crippen molar-refractivity contribution in [2.75, 3.05) is 6.61 Å². The molecule has 0 aromatic rings. The molecule has 0 aromatic heterocycles. The van der Waals surface area contributed by atoms with Crippen molar-refractivity contribution in [3.8, 4) is 0 Å². The minimum absolute atomic E-state index is 0.00749. The van der Waals surface area contributed by atoms with E-state index >= 15 is 0 Å². The Balaban J connectivity index is 1.53. The van der Waals surface area contributed by atoms with Crippen LogP contribution in [0.5, 0.6) is 0 Å². The van der Waals surface area contributed by atoms with Gasteiger partial charge >= 0.3 is 5.97 Å². The summed E-state index contributed by atoms with van der Waals surface area (Å²) in [6, 6.07) is 0. The maximum absolute atomic E-state index is 12.2. The summed E-state index contributed by atoms with van der Waals surface area (Å²) in [5.41, 5.74) is -2.11. The molecule has 166 valence electrons. The SMILES string of the molecule is C[C@]12CC[C@H]3[C@@H](CC[C@@]4(O)C[C@H](O)CC[C@]34/C=N\O)[C@]1(O)CC[C@@H]2C1=CC(=O)OC1. The van der Waals surface area contributed by atoms with Gasteiger partial charge < -0.3 is 25.3 Å². The molecule has 0 amide bonds. The predicted molar refractivity (Wildman–Crippen MR) is 108 cm³/mol. The molecule has 0 radical (unpaired) electrons. The Morgan fingerprint density at radius 3 is 2.57 bits per heavy atom. The monoisotopic (exact) mass is 419 g/mol. The van der Waals surface area contributed by atoms with Crippen molar-refractivity contribution < 1.29 is 30.1 Å². The van der Waals surface area contributed by atoms with Crippen LogP contribution in [0, 0.1) is 28.6 Å². The smallest absolute Gasteiger partial charge is 0.331 e. The second-order valence-corrected chi connectivity index (χ2v) is 10.8. The van der Waals surface area contributed by atoms with Crippen LogP contribution in [-0.4, -0.2) is 56.6 Å². The zero-order chi connectivity index (χ0) is 21.4. The average Bonchev–Trinajstić information content (AvgIpc) is 3.23. The van der Waals surface area contributed by atoms with E-state index in [1.54, 1.807) is 6.08 Å². The van der Waals surface area contributed by atoms with E-state index in [2.05, 4.69) is 12.1 Å². The summed E-state index contributed by atoms with van der Waals surface area (Å²) in [5.74, 6) is -0.203. The van der Waals surface area contributed by atoms with E-state index in [1.807, 2.05) is 0 Å². The summed E-state index contributed by atoms with van der Waals surface area (Å²) in [6.07, 6.45) is 8.20. The van der Waals surface area contributed by atoms with Crippen molar-refractivity contribution in [3.63, 3.8) is 0 Å². The second kappa shape index (κ2) is 6.53. The van der Waals surface area contributed by atoms with Crippen LogP contribution in [-0.2, 0) is 9.53 Å². The molecule has 1 aliphatic heterocycles. The van der Waals surface area contributed by atoms with Gasteiger partial charge in [-0.05, 0) is 74.7 Å². The van der Waals surface area contributed by atoms with Crippen LogP contribution in [0.15, 0.2) is 16.8 Å². The van der Waals surface area contributed by atoms with E-state index in [0.29, 0.717) is 38.7 Å². The van der Waals surface area contributed by atoms with Crippen molar-refractivity contribution in [1.29, 1.82) is 0 Å². The number of hydrogen-bond acceptors (Lipinski definition) is 7. The van der Waals surface area contributed by atoms with E-state index in [9.17, 15) is 25.3 Å². The molecule has 7 heteroatoms. The van der Waals surface area contributed by atoms with Gasteiger partial charge in [0.15, 0.2) is 0 Å². The van der Waals surface area contributed by atoms with Crippen LogP contribution in [0.4, 0.5) is 0 Å². The maximum atomic E-state index is 12.2. The Kier molecular flexibility index (Phi) is 4.45. The lowest BCUT2D eigenvalue weighted by molar-refractivity contribution is -0.237. The molecule has 0 spiro atoms. The number of cyclic esters (lactones) is 1. The standard InChI is InChI=1S/C23H33NO6/c1-20-6-3-17-18(23(20,28)9-5-16(20)14-10-19(26)30-12-14)4-8-22(27)11-15(25)2-7-21(17,22)13-24-29/h10,13,15-18,25,27-29H,2-9,11-12H2,1H3/b24-13-/t15-,16-,17+,18-,20-,21+,22-,23-/m1/s1. The Morgan fingerprint density at radius 2 is 1.87 bits per heavy atom. The predicted octanol–water partition coefficient (Wildman–Crippen LogP) is 2.16. The minimum atomic E-state index is -1.12. The van der Waals surface area contributed by atoms with Crippen LogP contribution in [0.1, 0.15) is 64.7 Å². The number of ether oxygens (including phenoxy) is 1. The topological polar surface area (TPSA) is 120 Å². The summed E-state index contributed by atoms with van der Waals surface area (Å²) >= 11 is 0. The highest BCUT2D eigenvalue weighted by atomic mass is 16.5. The van der Waals surface area contributed by atoms with Crippen molar-refractivity contribution in [2.24, 2.45) is 33.7 Å². The lowest BCUT2D eigenvalue weighted by Crippen LogP contribution is -2.68. The highest BCUT2D eigenvalue weighted by molar-refractivity contribution is 5.85. The van der Waals surface area contributed by atoms with Crippen LogP contribution in [0.25, 0.3) is 0 Å². The molecule has 8 atom stereocenters. The fraction of sp³-hybridized carbons (Fsp3) is 0.826. The van der Waals surface area contributed by atoms with Gasteiger partial charge in [-0.1, -0.05) is 6.92 Å². The number of hydrogen-bond donors (Lipinski definition) is 4. The van der Waals surface area contributed by atoms with E-state index < -0.39 is 22.7 Å². The molecule has 0 saturated heterocycles. The third kappa shape index (κ3) is 2.43. The fourth-order valence-electron chi connectivity index (χ4n) is 8.46. The van der Waals surface area contributed by atoms with Crippen LogP contribution >= 0.6 is 0 Å². The third-order valence-corrected chi connectivity index (χ3v) is 9.93.